The standard InChI is InChI=1S/C16H20FN3O2.ClH/c17-12-9-11(10-5-7-18-8-6-10)1-2-13(12)19-14-3-4-15(21)20-16(14)22;/h1-2,9-10,14,18-19H,3-8H2,(H,20,21,22);1H. The van der Waals surface area contributed by atoms with Crippen LogP contribution in [0.1, 0.15) is 37.2 Å². The van der Waals surface area contributed by atoms with Crippen LogP contribution < -0.4 is 16.0 Å². The van der Waals surface area contributed by atoms with E-state index in [1.807, 2.05) is 6.07 Å². The van der Waals surface area contributed by atoms with Gasteiger partial charge in [0.05, 0.1) is 5.69 Å². The van der Waals surface area contributed by atoms with Gasteiger partial charge in [0.15, 0.2) is 0 Å². The van der Waals surface area contributed by atoms with Crippen molar-refractivity contribution >= 4 is 29.9 Å². The number of anilines is 1. The molecule has 0 aliphatic carbocycles. The molecule has 1 aromatic rings. The second-order valence-electron chi connectivity index (χ2n) is 5.91. The van der Waals surface area contributed by atoms with Crippen molar-refractivity contribution in [2.45, 2.75) is 37.6 Å². The molecule has 1 unspecified atom stereocenters. The molecule has 1 atom stereocenters. The first kappa shape index (κ1) is 17.7. The number of imide groups is 1. The van der Waals surface area contributed by atoms with Crippen molar-refractivity contribution in [3.8, 4) is 0 Å². The monoisotopic (exact) mass is 341 g/mol. The topological polar surface area (TPSA) is 70.2 Å². The summed E-state index contributed by atoms with van der Waals surface area (Å²) in [6.07, 6.45) is 2.69. The first-order valence-corrected chi connectivity index (χ1v) is 7.74. The zero-order valence-corrected chi connectivity index (χ0v) is 13.5. The zero-order valence-electron chi connectivity index (χ0n) is 12.7. The number of carbonyl (C=O) groups excluding carboxylic acids is 2. The van der Waals surface area contributed by atoms with Crippen LogP contribution in [0.2, 0.25) is 0 Å². The highest BCUT2D eigenvalue weighted by Gasteiger charge is 2.27. The van der Waals surface area contributed by atoms with Gasteiger partial charge >= 0.3 is 0 Å². The van der Waals surface area contributed by atoms with Crippen LogP contribution in [0.25, 0.3) is 0 Å². The maximum atomic E-state index is 14.3. The molecular weight excluding hydrogens is 321 g/mol. The second kappa shape index (κ2) is 7.75. The van der Waals surface area contributed by atoms with E-state index >= 15 is 0 Å². The van der Waals surface area contributed by atoms with E-state index in [2.05, 4.69) is 16.0 Å². The lowest BCUT2D eigenvalue weighted by molar-refractivity contribution is -0.133. The molecule has 0 aromatic heterocycles. The fraction of sp³-hybridized carbons (Fsp3) is 0.500. The maximum absolute atomic E-state index is 14.3. The predicted octanol–water partition coefficient (Wildman–Crippen LogP) is 1.93. The molecule has 2 saturated heterocycles. The number of rotatable bonds is 3. The molecule has 2 aliphatic heterocycles. The van der Waals surface area contributed by atoms with Crippen LogP contribution >= 0.6 is 12.4 Å². The van der Waals surface area contributed by atoms with Crippen LogP contribution in [0.5, 0.6) is 0 Å². The molecule has 3 N–H and O–H groups in total. The van der Waals surface area contributed by atoms with E-state index in [9.17, 15) is 14.0 Å². The highest BCUT2D eigenvalue weighted by molar-refractivity contribution is 6.01. The van der Waals surface area contributed by atoms with Crippen molar-refractivity contribution in [1.29, 1.82) is 0 Å². The fourth-order valence-electron chi connectivity index (χ4n) is 3.08. The second-order valence-corrected chi connectivity index (χ2v) is 5.91. The van der Waals surface area contributed by atoms with Crippen molar-refractivity contribution < 1.29 is 14.0 Å². The Morgan fingerprint density at radius 2 is 1.87 bits per heavy atom. The number of carbonyl (C=O) groups is 2. The van der Waals surface area contributed by atoms with E-state index in [-0.39, 0.29) is 30.6 Å². The average molecular weight is 342 g/mol. The Labute approximate surface area is 140 Å². The third-order valence-electron chi connectivity index (χ3n) is 4.37. The van der Waals surface area contributed by atoms with Gasteiger partial charge in [-0.05, 0) is 56.0 Å². The van der Waals surface area contributed by atoms with Gasteiger partial charge < -0.3 is 10.6 Å². The summed E-state index contributed by atoms with van der Waals surface area (Å²) in [5.74, 6) is -0.621. The normalized spacial score (nSPS) is 22.2. The SMILES string of the molecule is Cl.O=C1CCC(Nc2ccc(C3CCNCC3)cc2F)C(=O)N1. The van der Waals surface area contributed by atoms with Gasteiger partial charge in [-0.1, -0.05) is 6.07 Å². The Morgan fingerprint density at radius 3 is 2.52 bits per heavy atom. The van der Waals surface area contributed by atoms with Crippen molar-refractivity contribution in [2.24, 2.45) is 0 Å². The Kier molecular flexibility index (Phi) is 5.96. The van der Waals surface area contributed by atoms with Gasteiger partial charge in [0.2, 0.25) is 11.8 Å². The summed E-state index contributed by atoms with van der Waals surface area (Å²) < 4.78 is 14.3. The number of amides is 2. The lowest BCUT2D eigenvalue weighted by atomic mass is 9.90. The van der Waals surface area contributed by atoms with Crippen LogP contribution in [-0.4, -0.2) is 30.9 Å². The van der Waals surface area contributed by atoms with Crippen LogP contribution in [-0.2, 0) is 9.59 Å². The molecule has 0 saturated carbocycles. The fourth-order valence-corrected chi connectivity index (χ4v) is 3.08. The number of benzene rings is 1. The van der Waals surface area contributed by atoms with E-state index in [0.717, 1.165) is 31.5 Å². The first-order valence-electron chi connectivity index (χ1n) is 7.74. The highest BCUT2D eigenvalue weighted by Crippen LogP contribution is 2.28. The van der Waals surface area contributed by atoms with Crippen LogP contribution in [0, 0.1) is 5.82 Å². The van der Waals surface area contributed by atoms with E-state index in [4.69, 9.17) is 0 Å². The molecular formula is C16H21ClFN3O2. The lowest BCUT2D eigenvalue weighted by Gasteiger charge is -2.25. The predicted molar refractivity (Wildman–Crippen MR) is 88.3 cm³/mol. The molecule has 1 aromatic carbocycles. The minimum Gasteiger partial charge on any atom is -0.371 e. The summed E-state index contributed by atoms with van der Waals surface area (Å²) >= 11 is 0. The number of nitrogens with one attached hydrogen (secondary N) is 3. The summed E-state index contributed by atoms with van der Waals surface area (Å²) in [5, 5.41) is 8.46. The number of hydrogen-bond donors (Lipinski definition) is 3. The van der Waals surface area contributed by atoms with Crippen molar-refractivity contribution in [1.82, 2.24) is 10.6 Å². The van der Waals surface area contributed by atoms with Crippen LogP contribution in [0.3, 0.4) is 0 Å². The molecule has 2 amide bonds. The molecule has 7 heteroatoms. The summed E-state index contributed by atoms with van der Waals surface area (Å²) in [6.45, 7) is 1.92. The van der Waals surface area contributed by atoms with Gasteiger partial charge in [0.25, 0.3) is 0 Å². The Morgan fingerprint density at radius 1 is 1.13 bits per heavy atom. The summed E-state index contributed by atoms with van der Waals surface area (Å²) in [4.78, 5) is 22.8. The third-order valence-corrected chi connectivity index (χ3v) is 4.37. The smallest absolute Gasteiger partial charge is 0.249 e. The quantitative estimate of drug-likeness (QED) is 0.735. The Bertz CT molecular complexity index is 591. The maximum Gasteiger partial charge on any atom is 0.249 e. The molecule has 2 fully saturated rings. The largest absolute Gasteiger partial charge is 0.371 e. The minimum absolute atomic E-state index is 0. The van der Waals surface area contributed by atoms with E-state index < -0.39 is 11.9 Å². The van der Waals surface area contributed by atoms with Gasteiger partial charge in [-0.2, -0.15) is 0 Å². The van der Waals surface area contributed by atoms with Gasteiger partial charge in [-0.15, -0.1) is 12.4 Å². The molecule has 0 bridgehead atoms. The molecule has 0 radical (unpaired) electrons. The van der Waals surface area contributed by atoms with Crippen LogP contribution in [0.15, 0.2) is 18.2 Å². The van der Waals surface area contributed by atoms with E-state index in [1.54, 1.807) is 12.1 Å². The zero-order chi connectivity index (χ0) is 15.5. The number of piperidine rings is 2. The van der Waals surface area contributed by atoms with Gasteiger partial charge in [0, 0.05) is 6.42 Å². The van der Waals surface area contributed by atoms with Crippen molar-refractivity contribution in [2.75, 3.05) is 18.4 Å². The molecule has 0 spiro atoms. The molecule has 3 rings (SSSR count). The van der Waals surface area contributed by atoms with Gasteiger partial charge in [-0.25, -0.2) is 4.39 Å². The summed E-state index contributed by atoms with van der Waals surface area (Å²) in [5.41, 5.74) is 1.32. The highest BCUT2D eigenvalue weighted by atomic mass is 35.5. The van der Waals surface area contributed by atoms with E-state index in [1.165, 1.54) is 0 Å². The molecule has 126 valence electrons. The Hall–Kier alpha value is -1.66. The van der Waals surface area contributed by atoms with Crippen molar-refractivity contribution in [3.05, 3.63) is 29.6 Å². The summed E-state index contributed by atoms with van der Waals surface area (Å²) in [6, 6.07) is 4.62. The van der Waals surface area contributed by atoms with Gasteiger partial charge in [-0.3, -0.25) is 14.9 Å². The Balaban J connectivity index is 0.00000192. The third kappa shape index (κ3) is 4.20. The molecule has 5 nitrogen and oxygen atoms in total. The summed E-state index contributed by atoms with van der Waals surface area (Å²) in [7, 11) is 0. The molecule has 2 heterocycles. The van der Waals surface area contributed by atoms with Crippen molar-refractivity contribution in [3.63, 3.8) is 0 Å². The number of hydrogen-bond acceptors (Lipinski definition) is 4. The van der Waals surface area contributed by atoms with Gasteiger partial charge in [0.1, 0.15) is 11.9 Å². The van der Waals surface area contributed by atoms with Crippen LogP contribution in [0.4, 0.5) is 10.1 Å². The number of halogens is 2. The lowest BCUT2D eigenvalue weighted by Crippen LogP contribution is -2.47. The molecule has 2 aliphatic rings. The average Bonchev–Trinajstić information content (AvgIpc) is 2.52. The minimum atomic E-state index is -0.558. The molecule has 23 heavy (non-hydrogen) atoms. The van der Waals surface area contributed by atoms with E-state index in [0.29, 0.717) is 18.0 Å². The first-order chi connectivity index (χ1) is 10.6.